The van der Waals surface area contributed by atoms with Crippen LogP contribution in [-0.2, 0) is 9.53 Å². The van der Waals surface area contributed by atoms with Crippen LogP contribution in [0.5, 0.6) is 0 Å². The summed E-state index contributed by atoms with van der Waals surface area (Å²) in [5, 5.41) is 0. The van der Waals surface area contributed by atoms with Gasteiger partial charge in [0.1, 0.15) is 0 Å². The predicted octanol–water partition coefficient (Wildman–Crippen LogP) is 2.93. The molecule has 0 fully saturated rings. The smallest absolute Gasteiger partial charge is 0.330 e. The molecule has 0 aromatic carbocycles. The van der Waals surface area contributed by atoms with Crippen LogP contribution in [0.4, 0.5) is 0 Å². The molecule has 0 rings (SSSR count). The zero-order valence-corrected chi connectivity index (χ0v) is 8.88. The fourth-order valence-corrected chi connectivity index (χ4v) is 1.39. The van der Waals surface area contributed by atoms with Crippen molar-refractivity contribution >= 4 is 5.97 Å². The molecule has 13 heavy (non-hydrogen) atoms. The Hall–Kier alpha value is -0.790. The molecule has 0 saturated heterocycles. The van der Waals surface area contributed by atoms with E-state index in [0.717, 1.165) is 19.3 Å². The first-order valence-electron chi connectivity index (χ1n) is 4.97. The summed E-state index contributed by atoms with van der Waals surface area (Å²) in [6, 6.07) is 0. The highest BCUT2D eigenvalue weighted by Gasteiger charge is 2.12. The van der Waals surface area contributed by atoms with Crippen LogP contribution >= 0.6 is 0 Å². The quantitative estimate of drug-likeness (QED) is 0.468. The van der Waals surface area contributed by atoms with Gasteiger partial charge < -0.3 is 4.74 Å². The lowest BCUT2D eigenvalue weighted by Gasteiger charge is -2.17. The monoisotopic (exact) mass is 184 g/mol. The topological polar surface area (TPSA) is 26.3 Å². The van der Waals surface area contributed by atoms with Crippen molar-refractivity contribution in [3.63, 3.8) is 0 Å². The molecular formula is C11H20O2. The second-order valence-electron chi connectivity index (χ2n) is 3.37. The van der Waals surface area contributed by atoms with Gasteiger partial charge in [-0.3, -0.25) is 0 Å². The molecule has 0 spiro atoms. The van der Waals surface area contributed by atoms with E-state index in [0.29, 0.717) is 5.92 Å². The highest BCUT2D eigenvalue weighted by molar-refractivity contribution is 5.81. The van der Waals surface area contributed by atoms with Crippen molar-refractivity contribution in [2.75, 3.05) is 0 Å². The number of carbonyl (C=O) groups excluding carboxylic acids is 1. The first-order valence-corrected chi connectivity index (χ1v) is 4.97. The van der Waals surface area contributed by atoms with Crippen molar-refractivity contribution in [1.29, 1.82) is 0 Å². The fourth-order valence-electron chi connectivity index (χ4n) is 1.39. The maximum atomic E-state index is 10.8. The molecule has 76 valence electrons. The van der Waals surface area contributed by atoms with Gasteiger partial charge in [-0.05, 0) is 19.3 Å². The van der Waals surface area contributed by atoms with Crippen LogP contribution < -0.4 is 0 Å². The van der Waals surface area contributed by atoms with Crippen molar-refractivity contribution < 1.29 is 9.53 Å². The summed E-state index contributed by atoms with van der Waals surface area (Å²) in [5.41, 5.74) is 0. The summed E-state index contributed by atoms with van der Waals surface area (Å²) in [4.78, 5) is 10.8. The van der Waals surface area contributed by atoms with Gasteiger partial charge in [0.15, 0.2) is 0 Å². The standard InChI is InChI=1S/C11H20O2/c1-5-10(6-2)8-9(4)13-11(12)7-3/h7,9-10H,3,5-6,8H2,1-2,4H3. The zero-order chi connectivity index (χ0) is 10.3. The molecule has 2 heteroatoms. The van der Waals surface area contributed by atoms with E-state index in [1.54, 1.807) is 0 Å². The number of hydrogen-bond acceptors (Lipinski definition) is 2. The summed E-state index contributed by atoms with van der Waals surface area (Å²) in [6.07, 6.45) is 4.46. The molecule has 0 N–H and O–H groups in total. The molecule has 0 bridgehead atoms. The average Bonchev–Trinajstić information content (AvgIpc) is 2.13. The van der Waals surface area contributed by atoms with E-state index in [2.05, 4.69) is 20.4 Å². The summed E-state index contributed by atoms with van der Waals surface area (Å²) in [7, 11) is 0. The highest BCUT2D eigenvalue weighted by atomic mass is 16.5. The molecule has 0 aromatic heterocycles. The summed E-state index contributed by atoms with van der Waals surface area (Å²) in [5.74, 6) is 0.339. The SMILES string of the molecule is C=CC(=O)OC(C)CC(CC)CC. The summed E-state index contributed by atoms with van der Waals surface area (Å²) >= 11 is 0. The van der Waals surface area contributed by atoms with Crippen LogP contribution in [0.25, 0.3) is 0 Å². The molecule has 0 heterocycles. The lowest BCUT2D eigenvalue weighted by atomic mass is 9.97. The van der Waals surface area contributed by atoms with E-state index in [4.69, 9.17) is 4.74 Å². The van der Waals surface area contributed by atoms with Gasteiger partial charge in [-0.1, -0.05) is 33.3 Å². The molecule has 0 saturated carbocycles. The van der Waals surface area contributed by atoms with Gasteiger partial charge in [0, 0.05) is 6.08 Å². The first-order chi connectivity index (χ1) is 6.13. The van der Waals surface area contributed by atoms with Crippen molar-refractivity contribution in [2.24, 2.45) is 5.92 Å². The van der Waals surface area contributed by atoms with Crippen molar-refractivity contribution in [3.8, 4) is 0 Å². The third-order valence-electron chi connectivity index (χ3n) is 2.30. The Morgan fingerprint density at radius 2 is 2.00 bits per heavy atom. The van der Waals surface area contributed by atoms with E-state index in [9.17, 15) is 4.79 Å². The van der Waals surface area contributed by atoms with Crippen molar-refractivity contribution in [3.05, 3.63) is 12.7 Å². The van der Waals surface area contributed by atoms with Crippen LogP contribution in [0.15, 0.2) is 12.7 Å². The van der Waals surface area contributed by atoms with Crippen LogP contribution in [-0.4, -0.2) is 12.1 Å². The number of hydrogen-bond donors (Lipinski definition) is 0. The van der Waals surface area contributed by atoms with Gasteiger partial charge in [-0.2, -0.15) is 0 Å². The largest absolute Gasteiger partial charge is 0.460 e. The summed E-state index contributed by atoms with van der Waals surface area (Å²) in [6.45, 7) is 9.61. The Morgan fingerprint density at radius 1 is 1.46 bits per heavy atom. The Labute approximate surface area is 81.0 Å². The van der Waals surface area contributed by atoms with E-state index in [1.165, 1.54) is 6.08 Å². The number of esters is 1. The number of ether oxygens (including phenoxy) is 1. The van der Waals surface area contributed by atoms with Crippen molar-refractivity contribution in [1.82, 2.24) is 0 Å². The minimum atomic E-state index is -0.321. The first kappa shape index (κ1) is 12.2. The van der Waals surface area contributed by atoms with Gasteiger partial charge in [-0.25, -0.2) is 4.79 Å². The molecule has 0 aliphatic rings. The molecule has 0 radical (unpaired) electrons. The Balaban J connectivity index is 3.77. The Morgan fingerprint density at radius 3 is 2.38 bits per heavy atom. The predicted molar refractivity (Wildman–Crippen MR) is 54.4 cm³/mol. The van der Waals surface area contributed by atoms with Gasteiger partial charge in [0.05, 0.1) is 6.10 Å². The lowest BCUT2D eigenvalue weighted by molar-refractivity contribution is -0.142. The van der Waals surface area contributed by atoms with Crippen molar-refractivity contribution in [2.45, 2.75) is 46.1 Å². The molecule has 2 nitrogen and oxygen atoms in total. The molecule has 0 aliphatic carbocycles. The fraction of sp³-hybridized carbons (Fsp3) is 0.727. The van der Waals surface area contributed by atoms with Crippen LogP contribution in [0.3, 0.4) is 0 Å². The van der Waals surface area contributed by atoms with Crippen LogP contribution in [0.1, 0.15) is 40.0 Å². The molecular weight excluding hydrogens is 164 g/mol. The van der Waals surface area contributed by atoms with Gasteiger partial charge >= 0.3 is 5.97 Å². The van der Waals surface area contributed by atoms with Crippen LogP contribution in [0.2, 0.25) is 0 Å². The van der Waals surface area contributed by atoms with Gasteiger partial charge in [0.2, 0.25) is 0 Å². The minimum absolute atomic E-state index is 0.00963. The number of carbonyl (C=O) groups is 1. The zero-order valence-electron chi connectivity index (χ0n) is 8.88. The molecule has 0 aromatic rings. The van der Waals surface area contributed by atoms with Gasteiger partial charge in [0.25, 0.3) is 0 Å². The third kappa shape index (κ3) is 5.45. The normalized spacial score (nSPS) is 12.6. The molecule has 0 aliphatic heterocycles. The number of rotatable bonds is 6. The van der Waals surface area contributed by atoms with Crippen LogP contribution in [0, 0.1) is 5.92 Å². The maximum absolute atomic E-state index is 10.8. The second kappa shape index (κ2) is 6.70. The third-order valence-corrected chi connectivity index (χ3v) is 2.30. The van der Waals surface area contributed by atoms with E-state index in [-0.39, 0.29) is 12.1 Å². The lowest BCUT2D eigenvalue weighted by Crippen LogP contribution is -2.16. The Kier molecular flexibility index (Phi) is 6.29. The van der Waals surface area contributed by atoms with E-state index in [1.807, 2.05) is 6.92 Å². The van der Waals surface area contributed by atoms with Gasteiger partial charge in [-0.15, -0.1) is 0 Å². The molecule has 1 atom stereocenters. The highest BCUT2D eigenvalue weighted by Crippen LogP contribution is 2.16. The maximum Gasteiger partial charge on any atom is 0.330 e. The average molecular weight is 184 g/mol. The van der Waals surface area contributed by atoms with E-state index >= 15 is 0 Å². The molecule has 1 unspecified atom stereocenters. The second-order valence-corrected chi connectivity index (χ2v) is 3.37. The summed E-state index contributed by atoms with van der Waals surface area (Å²) < 4.78 is 5.08. The minimum Gasteiger partial charge on any atom is -0.460 e. The molecule has 0 amide bonds. The van der Waals surface area contributed by atoms with E-state index < -0.39 is 0 Å². The Bertz CT molecular complexity index is 159.